The molecule has 0 aromatic heterocycles. The average Bonchev–Trinajstić information content (AvgIpc) is 2.34. The lowest BCUT2D eigenvalue weighted by Crippen LogP contribution is -2.83. The Bertz CT molecular complexity index is 452. The van der Waals surface area contributed by atoms with Gasteiger partial charge in [0.05, 0.1) is 0 Å². The van der Waals surface area contributed by atoms with E-state index >= 15 is 0 Å². The van der Waals surface area contributed by atoms with Crippen molar-refractivity contribution in [2.75, 3.05) is 0 Å². The summed E-state index contributed by atoms with van der Waals surface area (Å²) >= 11 is 0. The van der Waals surface area contributed by atoms with E-state index in [9.17, 15) is 0 Å². The van der Waals surface area contributed by atoms with Crippen molar-refractivity contribution in [3.05, 3.63) is 0 Å². The van der Waals surface area contributed by atoms with Crippen molar-refractivity contribution >= 4 is 0 Å². The Morgan fingerprint density at radius 1 is 1.00 bits per heavy atom. The van der Waals surface area contributed by atoms with Crippen molar-refractivity contribution in [1.82, 2.24) is 4.90 Å². The Morgan fingerprint density at radius 2 is 1.61 bits per heavy atom. The Morgan fingerprint density at radius 3 is 2.04 bits per heavy atom. The van der Waals surface area contributed by atoms with Crippen LogP contribution in [0.3, 0.4) is 0 Å². The number of rotatable bonds is 3. The normalized spacial score (nSPS) is 42.1. The Balaban J connectivity index is 1.95. The largest absolute Gasteiger partial charge is 0.342 e. The molecule has 0 bridgehead atoms. The van der Waals surface area contributed by atoms with Gasteiger partial charge in [0.15, 0.2) is 5.79 Å². The van der Waals surface area contributed by atoms with Crippen molar-refractivity contribution in [3.8, 4) is 0 Å². The molecule has 3 rings (SSSR count). The predicted octanol–water partition coefficient (Wildman–Crippen LogP) is 4.55. The van der Waals surface area contributed by atoms with Crippen molar-refractivity contribution in [1.29, 1.82) is 0 Å². The summed E-state index contributed by atoms with van der Waals surface area (Å²) in [5, 5.41) is 0. The maximum absolute atomic E-state index is 6.52. The summed E-state index contributed by atoms with van der Waals surface area (Å²) in [6.45, 7) is 17.4. The SMILES string of the molecule is CC1CCC(C(C)C)C(C2(N3C(C)OC3(C)C)OC(C)(C)O2)C1. The minimum absolute atomic E-state index is 0.0335. The summed E-state index contributed by atoms with van der Waals surface area (Å²) in [7, 11) is 0. The van der Waals surface area contributed by atoms with Gasteiger partial charge in [-0.25, -0.2) is 0 Å². The summed E-state index contributed by atoms with van der Waals surface area (Å²) in [5.41, 5.74) is -0.335. The molecule has 4 atom stereocenters. The molecule has 134 valence electrons. The van der Waals surface area contributed by atoms with E-state index < -0.39 is 11.7 Å². The maximum atomic E-state index is 6.52. The second-order valence-corrected chi connectivity index (χ2v) is 9.20. The van der Waals surface area contributed by atoms with Gasteiger partial charge in [0, 0.05) is 5.92 Å². The molecule has 0 N–H and O–H groups in total. The van der Waals surface area contributed by atoms with E-state index in [2.05, 4.69) is 46.4 Å². The summed E-state index contributed by atoms with van der Waals surface area (Å²) in [6.07, 6.45) is 3.78. The molecule has 4 nitrogen and oxygen atoms in total. The van der Waals surface area contributed by atoms with Gasteiger partial charge in [0.25, 0.3) is 0 Å². The molecular formula is C19H35NO3. The molecule has 0 amide bonds. The number of nitrogens with zero attached hydrogens (tertiary/aromatic N) is 1. The highest BCUT2D eigenvalue weighted by atomic mass is 16.9. The summed E-state index contributed by atoms with van der Waals surface area (Å²) in [6, 6.07) is 0. The quantitative estimate of drug-likeness (QED) is 0.762. The molecule has 2 aliphatic heterocycles. The van der Waals surface area contributed by atoms with Gasteiger partial charge in [0.1, 0.15) is 12.0 Å². The van der Waals surface area contributed by atoms with Gasteiger partial charge in [-0.05, 0) is 65.2 Å². The molecular weight excluding hydrogens is 290 g/mol. The molecule has 4 unspecified atom stereocenters. The third-order valence-electron chi connectivity index (χ3n) is 6.01. The Kier molecular flexibility index (Phi) is 4.16. The van der Waals surface area contributed by atoms with Gasteiger partial charge < -0.3 is 14.2 Å². The monoisotopic (exact) mass is 325 g/mol. The average molecular weight is 325 g/mol. The summed E-state index contributed by atoms with van der Waals surface area (Å²) < 4.78 is 19.0. The van der Waals surface area contributed by atoms with Crippen LogP contribution in [0.4, 0.5) is 0 Å². The summed E-state index contributed by atoms with van der Waals surface area (Å²) in [5.74, 6) is 1.25. The van der Waals surface area contributed by atoms with Crippen LogP contribution in [0.5, 0.6) is 0 Å². The zero-order chi connectivity index (χ0) is 17.2. The van der Waals surface area contributed by atoms with Crippen LogP contribution >= 0.6 is 0 Å². The standard InChI is InChI=1S/C19H35NO3/c1-12(2)15-10-9-13(3)11-16(15)19(22-18(7,8)23-19)20-14(4)21-17(20,5)6/h12-16H,9-11H2,1-8H3. The van der Waals surface area contributed by atoms with E-state index in [0.29, 0.717) is 17.8 Å². The highest BCUT2D eigenvalue weighted by molar-refractivity contribution is 5.01. The van der Waals surface area contributed by atoms with E-state index in [4.69, 9.17) is 14.2 Å². The molecule has 3 fully saturated rings. The van der Waals surface area contributed by atoms with Gasteiger partial charge in [-0.3, -0.25) is 0 Å². The topological polar surface area (TPSA) is 30.9 Å². The zero-order valence-corrected chi connectivity index (χ0v) is 16.2. The predicted molar refractivity (Wildman–Crippen MR) is 90.3 cm³/mol. The lowest BCUT2D eigenvalue weighted by Gasteiger charge is -2.70. The second kappa shape index (κ2) is 5.42. The van der Waals surface area contributed by atoms with E-state index in [0.717, 1.165) is 12.3 Å². The second-order valence-electron chi connectivity index (χ2n) is 9.20. The highest BCUT2D eigenvalue weighted by Gasteiger charge is 2.69. The Hall–Kier alpha value is -0.160. The molecule has 4 heteroatoms. The van der Waals surface area contributed by atoms with Crippen LogP contribution in [-0.2, 0) is 14.2 Å². The fraction of sp³-hybridized carbons (Fsp3) is 1.00. The molecule has 0 spiro atoms. The minimum Gasteiger partial charge on any atom is -0.342 e. The Labute approximate surface area is 141 Å². The van der Waals surface area contributed by atoms with Crippen LogP contribution in [0.1, 0.15) is 74.7 Å². The molecule has 2 saturated heterocycles. The van der Waals surface area contributed by atoms with E-state index in [1.165, 1.54) is 12.8 Å². The van der Waals surface area contributed by atoms with Crippen LogP contribution in [0.25, 0.3) is 0 Å². The van der Waals surface area contributed by atoms with Gasteiger partial charge in [-0.1, -0.05) is 27.2 Å². The van der Waals surface area contributed by atoms with Gasteiger partial charge in [-0.15, -0.1) is 0 Å². The van der Waals surface area contributed by atoms with Crippen molar-refractivity contribution in [2.24, 2.45) is 23.7 Å². The van der Waals surface area contributed by atoms with E-state index in [1.54, 1.807) is 0 Å². The van der Waals surface area contributed by atoms with Crippen LogP contribution in [0.2, 0.25) is 0 Å². The molecule has 23 heavy (non-hydrogen) atoms. The van der Waals surface area contributed by atoms with Gasteiger partial charge in [-0.2, -0.15) is 4.90 Å². The summed E-state index contributed by atoms with van der Waals surface area (Å²) in [4.78, 5) is 2.32. The fourth-order valence-corrected chi connectivity index (χ4v) is 5.31. The van der Waals surface area contributed by atoms with Crippen molar-refractivity contribution < 1.29 is 14.2 Å². The first-order valence-corrected chi connectivity index (χ1v) is 9.36. The molecule has 0 aromatic carbocycles. The van der Waals surface area contributed by atoms with Gasteiger partial charge in [0.2, 0.25) is 5.91 Å². The van der Waals surface area contributed by atoms with Crippen LogP contribution in [0, 0.1) is 23.7 Å². The number of ether oxygens (including phenoxy) is 3. The van der Waals surface area contributed by atoms with Crippen LogP contribution in [0.15, 0.2) is 0 Å². The van der Waals surface area contributed by atoms with Crippen LogP contribution < -0.4 is 0 Å². The van der Waals surface area contributed by atoms with E-state index in [-0.39, 0.29) is 12.0 Å². The molecule has 2 heterocycles. The maximum Gasteiger partial charge on any atom is 0.242 e. The zero-order valence-electron chi connectivity index (χ0n) is 16.2. The third-order valence-corrected chi connectivity index (χ3v) is 6.01. The van der Waals surface area contributed by atoms with E-state index in [1.807, 2.05) is 13.8 Å². The third kappa shape index (κ3) is 2.76. The first-order valence-electron chi connectivity index (χ1n) is 9.36. The lowest BCUT2D eigenvalue weighted by molar-refractivity contribution is -0.609. The molecule has 1 aliphatic carbocycles. The minimum atomic E-state index is -0.631. The molecule has 0 radical (unpaired) electrons. The van der Waals surface area contributed by atoms with Crippen molar-refractivity contribution in [2.45, 2.75) is 98.3 Å². The fourth-order valence-electron chi connectivity index (χ4n) is 5.31. The first-order chi connectivity index (χ1) is 10.5. The van der Waals surface area contributed by atoms with Gasteiger partial charge >= 0.3 is 0 Å². The molecule has 1 saturated carbocycles. The molecule has 3 aliphatic rings. The van der Waals surface area contributed by atoms with Crippen LogP contribution in [-0.4, -0.2) is 28.6 Å². The number of hydrogen-bond donors (Lipinski definition) is 0. The van der Waals surface area contributed by atoms with Crippen molar-refractivity contribution in [3.63, 3.8) is 0 Å². The lowest BCUT2D eigenvalue weighted by atomic mass is 9.67. The number of hydrogen-bond acceptors (Lipinski definition) is 4. The highest BCUT2D eigenvalue weighted by Crippen LogP contribution is 2.58. The smallest absolute Gasteiger partial charge is 0.242 e. The molecule has 0 aromatic rings. The first kappa shape index (κ1) is 17.7.